The second-order valence-electron chi connectivity index (χ2n) is 4.79. The molecule has 4 N–H and O–H groups in total. The summed E-state index contributed by atoms with van der Waals surface area (Å²) in [6.45, 7) is 3.76. The molecule has 0 saturated heterocycles. The molecule has 0 aliphatic rings. The molecule has 1 aromatic heterocycles. The first-order chi connectivity index (χ1) is 9.70. The van der Waals surface area contributed by atoms with E-state index in [2.05, 4.69) is 10.3 Å². The topological polar surface area (TPSA) is 122 Å². The molecule has 7 nitrogen and oxygen atoms in total. The van der Waals surface area contributed by atoms with E-state index >= 15 is 0 Å². The van der Waals surface area contributed by atoms with Gasteiger partial charge in [0.1, 0.15) is 11.2 Å². The van der Waals surface area contributed by atoms with Crippen LogP contribution in [0.2, 0.25) is 5.15 Å². The van der Waals surface area contributed by atoms with Crippen molar-refractivity contribution in [3.05, 3.63) is 28.5 Å². The van der Waals surface area contributed by atoms with Gasteiger partial charge in [0, 0.05) is 11.3 Å². The Morgan fingerprint density at radius 3 is 2.48 bits per heavy atom. The van der Waals surface area contributed by atoms with Gasteiger partial charge in [0.25, 0.3) is 5.91 Å². The molecule has 1 aromatic rings. The Kier molecular flexibility index (Phi) is 5.66. The lowest BCUT2D eigenvalue weighted by Gasteiger charge is -2.14. The number of carboxylic acid groups (broad SMARTS) is 1. The lowest BCUT2D eigenvalue weighted by atomic mass is 10.1. The zero-order chi connectivity index (χ0) is 16.2. The van der Waals surface area contributed by atoms with E-state index in [4.69, 9.17) is 22.4 Å². The highest BCUT2D eigenvalue weighted by molar-refractivity contribution is 6.29. The highest BCUT2D eigenvalue weighted by Crippen LogP contribution is 2.17. The maximum Gasteiger partial charge on any atom is 0.326 e. The lowest BCUT2D eigenvalue weighted by molar-refractivity contribution is -0.140. The first-order valence-electron chi connectivity index (χ1n) is 6.20. The molecule has 0 aromatic carbocycles. The zero-order valence-corrected chi connectivity index (χ0v) is 12.3. The van der Waals surface area contributed by atoms with Gasteiger partial charge in [0.05, 0.1) is 6.42 Å². The van der Waals surface area contributed by atoms with E-state index < -0.39 is 30.2 Å². The number of carbonyl (C=O) groups is 3. The summed E-state index contributed by atoms with van der Waals surface area (Å²) < 4.78 is 0. The molecule has 0 saturated carbocycles. The molecular weight excluding hydrogens is 298 g/mol. The third-order valence-corrected chi connectivity index (χ3v) is 2.87. The summed E-state index contributed by atoms with van der Waals surface area (Å²) in [6.07, 6.45) is -0.489. The molecule has 1 heterocycles. The van der Waals surface area contributed by atoms with Crippen molar-refractivity contribution < 1.29 is 19.5 Å². The van der Waals surface area contributed by atoms with Crippen LogP contribution in [0, 0.1) is 0 Å². The van der Waals surface area contributed by atoms with E-state index in [0.29, 0.717) is 5.69 Å². The van der Waals surface area contributed by atoms with E-state index in [-0.39, 0.29) is 16.6 Å². The molecule has 114 valence electrons. The second kappa shape index (κ2) is 7.03. The molecule has 0 aliphatic carbocycles. The van der Waals surface area contributed by atoms with Crippen molar-refractivity contribution in [2.75, 3.05) is 0 Å². The molecule has 0 unspecified atom stereocenters. The number of nitrogens with zero attached hydrogens (tertiary/aromatic N) is 1. The number of carboxylic acids is 1. The SMILES string of the molecule is CC(C)c1cc(C(=O)N[C@H](CC(N)=O)C(=O)O)cc(Cl)n1. The quantitative estimate of drug-likeness (QED) is 0.674. The summed E-state index contributed by atoms with van der Waals surface area (Å²) in [6, 6.07) is 1.46. The van der Waals surface area contributed by atoms with E-state index in [1.807, 2.05) is 13.8 Å². The number of aliphatic carboxylic acids is 1. The summed E-state index contributed by atoms with van der Waals surface area (Å²) in [5.41, 5.74) is 5.73. The van der Waals surface area contributed by atoms with Gasteiger partial charge in [-0.3, -0.25) is 9.59 Å². The summed E-state index contributed by atoms with van der Waals surface area (Å²) in [5, 5.41) is 11.3. The number of rotatable bonds is 6. The summed E-state index contributed by atoms with van der Waals surface area (Å²) in [4.78, 5) is 37.9. The predicted molar refractivity (Wildman–Crippen MR) is 76.0 cm³/mol. The van der Waals surface area contributed by atoms with Crippen molar-refractivity contribution in [1.29, 1.82) is 0 Å². The van der Waals surface area contributed by atoms with Crippen LogP contribution in [0.3, 0.4) is 0 Å². The minimum Gasteiger partial charge on any atom is -0.480 e. The Morgan fingerprint density at radius 1 is 1.38 bits per heavy atom. The van der Waals surface area contributed by atoms with Crippen LogP contribution in [0.5, 0.6) is 0 Å². The van der Waals surface area contributed by atoms with Gasteiger partial charge < -0.3 is 16.2 Å². The fourth-order valence-corrected chi connectivity index (χ4v) is 1.80. The molecule has 0 bridgehead atoms. The largest absolute Gasteiger partial charge is 0.480 e. The van der Waals surface area contributed by atoms with Gasteiger partial charge in [-0.25, -0.2) is 9.78 Å². The number of nitrogens with one attached hydrogen (secondary N) is 1. The third-order valence-electron chi connectivity index (χ3n) is 2.68. The molecule has 0 aliphatic heterocycles. The van der Waals surface area contributed by atoms with Crippen molar-refractivity contribution in [2.45, 2.75) is 32.2 Å². The summed E-state index contributed by atoms with van der Waals surface area (Å²) >= 11 is 5.84. The van der Waals surface area contributed by atoms with Gasteiger partial charge in [0.2, 0.25) is 5.91 Å². The van der Waals surface area contributed by atoms with Gasteiger partial charge in [-0.2, -0.15) is 0 Å². The number of pyridine rings is 1. The van der Waals surface area contributed by atoms with Crippen LogP contribution in [-0.4, -0.2) is 33.9 Å². The number of hydrogen-bond donors (Lipinski definition) is 3. The molecule has 1 atom stereocenters. The van der Waals surface area contributed by atoms with E-state index in [1.54, 1.807) is 0 Å². The Balaban J connectivity index is 2.97. The molecule has 0 radical (unpaired) electrons. The molecule has 21 heavy (non-hydrogen) atoms. The van der Waals surface area contributed by atoms with Crippen LogP contribution in [0.15, 0.2) is 12.1 Å². The normalized spacial score (nSPS) is 12.0. The fourth-order valence-electron chi connectivity index (χ4n) is 1.59. The van der Waals surface area contributed by atoms with Gasteiger partial charge in [-0.15, -0.1) is 0 Å². The Bertz CT molecular complexity index is 575. The first-order valence-corrected chi connectivity index (χ1v) is 6.58. The van der Waals surface area contributed by atoms with Crippen LogP contribution in [0.25, 0.3) is 0 Å². The van der Waals surface area contributed by atoms with Gasteiger partial charge in [0.15, 0.2) is 0 Å². The Labute approximate surface area is 126 Å². The van der Waals surface area contributed by atoms with E-state index in [0.717, 1.165) is 0 Å². The fraction of sp³-hybridized carbons (Fsp3) is 0.385. The first kappa shape index (κ1) is 16.9. The standard InChI is InChI=1S/C13H16ClN3O4/c1-6(2)8-3-7(4-10(14)16-8)12(19)17-9(13(20)21)5-11(15)18/h3-4,6,9H,5H2,1-2H3,(H2,15,18)(H,17,19)(H,20,21)/t9-/m1/s1. The van der Waals surface area contributed by atoms with Gasteiger partial charge in [-0.1, -0.05) is 25.4 Å². The average Bonchev–Trinajstić information content (AvgIpc) is 2.36. The monoisotopic (exact) mass is 313 g/mol. The van der Waals surface area contributed by atoms with Crippen molar-refractivity contribution in [3.63, 3.8) is 0 Å². The number of aromatic nitrogens is 1. The second-order valence-corrected chi connectivity index (χ2v) is 5.18. The lowest BCUT2D eigenvalue weighted by Crippen LogP contribution is -2.43. The van der Waals surface area contributed by atoms with Crippen LogP contribution < -0.4 is 11.1 Å². The predicted octanol–water partition coefficient (Wildman–Crippen LogP) is 0.917. The third kappa shape index (κ3) is 5.03. The maximum atomic E-state index is 12.1. The van der Waals surface area contributed by atoms with Gasteiger partial charge in [-0.05, 0) is 18.1 Å². The summed E-state index contributed by atoms with van der Waals surface area (Å²) in [7, 11) is 0. The minimum atomic E-state index is -1.38. The van der Waals surface area contributed by atoms with E-state index in [1.165, 1.54) is 12.1 Å². The van der Waals surface area contributed by atoms with Crippen LogP contribution >= 0.6 is 11.6 Å². The number of hydrogen-bond acceptors (Lipinski definition) is 4. The molecule has 8 heteroatoms. The molecule has 2 amide bonds. The van der Waals surface area contributed by atoms with E-state index in [9.17, 15) is 14.4 Å². The van der Waals surface area contributed by atoms with Gasteiger partial charge >= 0.3 is 5.97 Å². The van der Waals surface area contributed by atoms with Crippen molar-refractivity contribution in [1.82, 2.24) is 10.3 Å². The molecule has 0 spiro atoms. The number of amides is 2. The zero-order valence-electron chi connectivity index (χ0n) is 11.6. The maximum absolute atomic E-state index is 12.1. The van der Waals surface area contributed by atoms with Crippen molar-refractivity contribution in [2.24, 2.45) is 5.73 Å². The van der Waals surface area contributed by atoms with Crippen molar-refractivity contribution >= 4 is 29.4 Å². The summed E-state index contributed by atoms with van der Waals surface area (Å²) in [5.74, 6) is -2.77. The number of carbonyl (C=O) groups excluding carboxylic acids is 2. The average molecular weight is 314 g/mol. The van der Waals surface area contributed by atoms with Crippen LogP contribution in [0.4, 0.5) is 0 Å². The highest BCUT2D eigenvalue weighted by Gasteiger charge is 2.23. The van der Waals surface area contributed by atoms with Crippen molar-refractivity contribution in [3.8, 4) is 0 Å². The Morgan fingerprint density at radius 2 is 2.00 bits per heavy atom. The number of primary amides is 1. The smallest absolute Gasteiger partial charge is 0.326 e. The van der Waals surface area contributed by atoms with Crippen LogP contribution in [-0.2, 0) is 9.59 Å². The minimum absolute atomic E-state index is 0.0520. The Hall–Kier alpha value is -2.15. The highest BCUT2D eigenvalue weighted by atomic mass is 35.5. The number of halogens is 1. The number of nitrogens with two attached hydrogens (primary N) is 1. The van der Waals surface area contributed by atoms with Crippen LogP contribution in [0.1, 0.15) is 42.2 Å². The molecule has 0 fully saturated rings. The molecule has 1 rings (SSSR count). The molecular formula is C13H16ClN3O4.